The van der Waals surface area contributed by atoms with Crippen LogP contribution in [0.2, 0.25) is 0 Å². The van der Waals surface area contributed by atoms with Gasteiger partial charge in [-0.25, -0.2) is 0 Å². The van der Waals surface area contributed by atoms with Crippen LogP contribution in [-0.4, -0.2) is 30.1 Å². The lowest BCUT2D eigenvalue weighted by atomic mass is 9.74. The molecule has 2 heterocycles. The highest BCUT2D eigenvalue weighted by Gasteiger charge is 2.34. The Labute approximate surface area is 113 Å². The zero-order chi connectivity index (χ0) is 13.6. The largest absolute Gasteiger partial charge is 0.494 e. The summed E-state index contributed by atoms with van der Waals surface area (Å²) in [6.07, 6.45) is 0. The molecule has 0 N–H and O–H groups in total. The van der Waals surface area contributed by atoms with Crippen molar-refractivity contribution in [1.82, 2.24) is 9.78 Å². The van der Waals surface area contributed by atoms with Gasteiger partial charge < -0.3 is 9.31 Å². The molecule has 3 rings (SSSR count). The van der Waals surface area contributed by atoms with E-state index in [-0.39, 0.29) is 12.5 Å². The van der Waals surface area contributed by atoms with E-state index in [0.717, 1.165) is 22.1 Å². The van der Waals surface area contributed by atoms with Gasteiger partial charge in [-0.15, -0.1) is 0 Å². The summed E-state index contributed by atoms with van der Waals surface area (Å²) in [6, 6.07) is 6.11. The van der Waals surface area contributed by atoms with E-state index in [9.17, 15) is 0 Å². The van der Waals surface area contributed by atoms with Gasteiger partial charge in [-0.1, -0.05) is 26.0 Å². The second-order valence-corrected chi connectivity index (χ2v) is 6.07. The summed E-state index contributed by atoms with van der Waals surface area (Å²) >= 11 is 0. The number of benzene rings is 1. The second-order valence-electron chi connectivity index (χ2n) is 6.07. The number of aryl methyl sites for hydroxylation is 2. The summed E-state index contributed by atoms with van der Waals surface area (Å²) in [5, 5.41) is 5.65. The van der Waals surface area contributed by atoms with E-state index in [0.29, 0.717) is 13.2 Å². The first-order valence-corrected chi connectivity index (χ1v) is 6.63. The van der Waals surface area contributed by atoms with E-state index in [2.05, 4.69) is 31.9 Å². The Balaban J connectivity index is 2.02. The maximum Gasteiger partial charge on any atom is 0.494 e. The molecule has 100 valence electrons. The van der Waals surface area contributed by atoms with Gasteiger partial charge in [0.2, 0.25) is 0 Å². The predicted octanol–water partition coefficient (Wildman–Crippen LogP) is 1.65. The van der Waals surface area contributed by atoms with Gasteiger partial charge >= 0.3 is 7.12 Å². The van der Waals surface area contributed by atoms with Crippen molar-refractivity contribution in [3.05, 3.63) is 23.9 Å². The first-order chi connectivity index (χ1) is 8.98. The molecule has 1 saturated heterocycles. The van der Waals surface area contributed by atoms with Gasteiger partial charge in [0.15, 0.2) is 0 Å². The standard InChI is InChI=1S/C14H19BN2O2/c1-10-13-11(6-5-7-12(13)16-17(10)4)15-18-8-14(2,3)9-19-15/h5-7H,8-9H2,1-4H3. The van der Waals surface area contributed by atoms with E-state index in [1.54, 1.807) is 0 Å². The van der Waals surface area contributed by atoms with Crippen LogP contribution >= 0.6 is 0 Å². The maximum atomic E-state index is 5.89. The molecule has 4 nitrogen and oxygen atoms in total. The minimum atomic E-state index is -0.278. The van der Waals surface area contributed by atoms with Crippen LogP contribution in [0.4, 0.5) is 0 Å². The van der Waals surface area contributed by atoms with E-state index < -0.39 is 0 Å². The van der Waals surface area contributed by atoms with E-state index in [1.807, 2.05) is 23.9 Å². The lowest BCUT2D eigenvalue weighted by molar-refractivity contribution is 0.0344. The normalized spacial score (nSPS) is 19.1. The van der Waals surface area contributed by atoms with Crippen molar-refractivity contribution in [3.63, 3.8) is 0 Å². The predicted molar refractivity (Wildman–Crippen MR) is 76.5 cm³/mol. The Morgan fingerprint density at radius 1 is 1.26 bits per heavy atom. The molecule has 1 aliphatic rings. The van der Waals surface area contributed by atoms with Crippen LogP contribution < -0.4 is 5.46 Å². The summed E-state index contributed by atoms with van der Waals surface area (Å²) in [4.78, 5) is 0. The van der Waals surface area contributed by atoms with Gasteiger partial charge in [-0.05, 0) is 18.5 Å². The molecule has 1 aromatic heterocycles. The fourth-order valence-electron chi connectivity index (χ4n) is 2.50. The molecule has 5 heteroatoms. The van der Waals surface area contributed by atoms with Crippen molar-refractivity contribution >= 4 is 23.5 Å². The quantitative estimate of drug-likeness (QED) is 0.730. The van der Waals surface area contributed by atoms with Crippen molar-refractivity contribution < 1.29 is 9.31 Å². The van der Waals surface area contributed by atoms with Gasteiger partial charge in [0.05, 0.1) is 5.52 Å². The van der Waals surface area contributed by atoms with Crippen LogP contribution in [0, 0.1) is 12.3 Å². The summed E-state index contributed by atoms with van der Waals surface area (Å²) in [6.45, 7) is 7.81. The molecule has 0 amide bonds. The fraction of sp³-hybridized carbons (Fsp3) is 0.500. The third-order valence-electron chi connectivity index (χ3n) is 3.68. The first kappa shape index (κ1) is 12.7. The van der Waals surface area contributed by atoms with Crippen molar-refractivity contribution in [1.29, 1.82) is 0 Å². The lowest BCUT2D eigenvalue weighted by Crippen LogP contribution is -2.47. The molecule has 1 aromatic carbocycles. The van der Waals surface area contributed by atoms with Gasteiger partial charge in [0, 0.05) is 36.8 Å². The van der Waals surface area contributed by atoms with Crippen molar-refractivity contribution in [2.24, 2.45) is 12.5 Å². The Kier molecular flexibility index (Phi) is 2.91. The van der Waals surface area contributed by atoms with Gasteiger partial charge in [0.1, 0.15) is 0 Å². The van der Waals surface area contributed by atoms with Gasteiger partial charge in [-0.3, -0.25) is 4.68 Å². The Morgan fingerprint density at radius 3 is 2.63 bits per heavy atom. The first-order valence-electron chi connectivity index (χ1n) is 6.63. The number of hydrogen-bond acceptors (Lipinski definition) is 3. The number of hydrogen-bond donors (Lipinski definition) is 0. The number of nitrogens with zero attached hydrogens (tertiary/aromatic N) is 2. The third kappa shape index (κ3) is 2.17. The minimum absolute atomic E-state index is 0.0916. The highest BCUT2D eigenvalue weighted by molar-refractivity contribution is 6.64. The topological polar surface area (TPSA) is 36.3 Å². The van der Waals surface area contributed by atoms with E-state index in [1.165, 1.54) is 0 Å². The molecule has 0 saturated carbocycles. The van der Waals surface area contributed by atoms with Gasteiger partial charge in [-0.2, -0.15) is 5.10 Å². The smallest absolute Gasteiger partial charge is 0.407 e. The molecule has 0 radical (unpaired) electrons. The molecule has 1 aliphatic heterocycles. The summed E-state index contributed by atoms with van der Waals surface area (Å²) < 4.78 is 13.7. The molecule has 1 fully saturated rings. The molecule has 0 unspecified atom stereocenters. The molecular weight excluding hydrogens is 239 g/mol. The summed E-state index contributed by atoms with van der Waals surface area (Å²) in [5.74, 6) is 0. The van der Waals surface area contributed by atoms with Crippen LogP contribution in [0.25, 0.3) is 10.9 Å². The molecule has 2 aromatic rings. The van der Waals surface area contributed by atoms with E-state index >= 15 is 0 Å². The molecule has 0 aliphatic carbocycles. The minimum Gasteiger partial charge on any atom is -0.407 e. The van der Waals surface area contributed by atoms with Crippen LogP contribution in [0.3, 0.4) is 0 Å². The van der Waals surface area contributed by atoms with Gasteiger partial charge in [0.25, 0.3) is 0 Å². The number of rotatable bonds is 1. The molecule has 0 spiro atoms. The molecule has 19 heavy (non-hydrogen) atoms. The van der Waals surface area contributed by atoms with Crippen molar-refractivity contribution in [2.45, 2.75) is 20.8 Å². The highest BCUT2D eigenvalue weighted by atomic mass is 16.6. The molecular formula is C14H19BN2O2. The van der Waals surface area contributed by atoms with Crippen molar-refractivity contribution in [3.8, 4) is 0 Å². The molecule has 0 atom stereocenters. The van der Waals surface area contributed by atoms with E-state index in [4.69, 9.17) is 9.31 Å². The monoisotopic (exact) mass is 258 g/mol. The summed E-state index contributed by atoms with van der Waals surface area (Å²) in [5.41, 5.74) is 3.31. The second kappa shape index (κ2) is 4.35. The Bertz CT molecular complexity index is 611. The number of fused-ring (bicyclic) bond motifs is 1. The zero-order valence-corrected chi connectivity index (χ0v) is 11.9. The molecule has 0 bridgehead atoms. The van der Waals surface area contributed by atoms with Crippen molar-refractivity contribution in [2.75, 3.05) is 13.2 Å². The number of aromatic nitrogens is 2. The Hall–Kier alpha value is -1.33. The average molecular weight is 258 g/mol. The average Bonchev–Trinajstić information content (AvgIpc) is 2.65. The SMILES string of the molecule is Cc1c2c(B3OCC(C)(C)CO3)cccc2nn1C. The summed E-state index contributed by atoms with van der Waals surface area (Å²) in [7, 11) is 1.68. The van der Waals surface area contributed by atoms with Crippen LogP contribution in [0.15, 0.2) is 18.2 Å². The third-order valence-corrected chi connectivity index (χ3v) is 3.68. The van der Waals surface area contributed by atoms with Crippen LogP contribution in [0.1, 0.15) is 19.5 Å². The lowest BCUT2D eigenvalue weighted by Gasteiger charge is -2.33. The fourth-order valence-corrected chi connectivity index (χ4v) is 2.50. The van der Waals surface area contributed by atoms with Crippen LogP contribution in [-0.2, 0) is 16.4 Å². The Morgan fingerprint density at radius 2 is 1.95 bits per heavy atom. The van der Waals surface area contributed by atoms with Crippen LogP contribution in [0.5, 0.6) is 0 Å². The highest BCUT2D eigenvalue weighted by Crippen LogP contribution is 2.23. The maximum absolute atomic E-state index is 5.89. The zero-order valence-electron chi connectivity index (χ0n) is 11.9.